The third-order valence-electron chi connectivity index (χ3n) is 5.16. The van der Waals surface area contributed by atoms with E-state index < -0.39 is 0 Å². The fraction of sp³-hybridized carbons (Fsp3) is 0.588. The summed E-state index contributed by atoms with van der Waals surface area (Å²) in [6, 6.07) is 10.3. The van der Waals surface area contributed by atoms with Crippen LogP contribution in [-0.2, 0) is 10.3 Å². The molecule has 3 rings (SSSR count). The monoisotopic (exact) mass is 270 g/mol. The van der Waals surface area contributed by atoms with E-state index in [1.807, 2.05) is 25.3 Å². The smallest absolute Gasteiger partial charge is 0.101 e. The Morgan fingerprint density at radius 1 is 1.30 bits per heavy atom. The van der Waals surface area contributed by atoms with Gasteiger partial charge in [0.2, 0.25) is 0 Å². The Morgan fingerprint density at radius 2 is 2.00 bits per heavy atom. The number of likely N-dealkylation sites (tertiary alicyclic amines) is 1. The third kappa shape index (κ3) is 1.95. The summed E-state index contributed by atoms with van der Waals surface area (Å²) < 4.78 is 6.14. The molecular formula is C17H22N2O. The normalized spacial score (nSPS) is 33.6. The van der Waals surface area contributed by atoms with Crippen LogP contribution in [0.15, 0.2) is 24.3 Å². The van der Waals surface area contributed by atoms with Crippen LogP contribution in [0.25, 0.3) is 0 Å². The number of benzene rings is 1. The zero-order valence-corrected chi connectivity index (χ0v) is 12.3. The lowest BCUT2D eigenvalue weighted by molar-refractivity contribution is -0.165. The van der Waals surface area contributed by atoms with Crippen LogP contribution in [-0.4, -0.2) is 32.1 Å². The molecule has 2 fully saturated rings. The van der Waals surface area contributed by atoms with Crippen LogP contribution < -0.4 is 0 Å². The molecule has 1 saturated heterocycles. The van der Waals surface area contributed by atoms with Crippen molar-refractivity contribution in [2.24, 2.45) is 11.8 Å². The summed E-state index contributed by atoms with van der Waals surface area (Å²) in [4.78, 5) is 2.43. The Hall–Kier alpha value is -1.37. The van der Waals surface area contributed by atoms with Gasteiger partial charge in [0.05, 0.1) is 11.6 Å². The molecule has 1 aromatic rings. The summed E-state index contributed by atoms with van der Waals surface area (Å²) in [5.41, 5.74) is 1.73. The van der Waals surface area contributed by atoms with E-state index in [1.54, 1.807) is 0 Å². The van der Waals surface area contributed by atoms with Gasteiger partial charge in [0.15, 0.2) is 0 Å². The second-order valence-corrected chi connectivity index (χ2v) is 6.24. The first-order valence-corrected chi connectivity index (χ1v) is 7.45. The van der Waals surface area contributed by atoms with E-state index in [1.165, 1.54) is 24.8 Å². The van der Waals surface area contributed by atoms with Crippen molar-refractivity contribution in [1.82, 2.24) is 4.90 Å². The molecule has 3 nitrogen and oxygen atoms in total. The van der Waals surface area contributed by atoms with Crippen molar-refractivity contribution in [3.05, 3.63) is 35.4 Å². The molecule has 1 aromatic carbocycles. The van der Waals surface area contributed by atoms with Crippen molar-refractivity contribution in [3.8, 4) is 6.07 Å². The Bertz CT molecular complexity index is 520. The van der Waals surface area contributed by atoms with Crippen molar-refractivity contribution in [2.45, 2.75) is 24.9 Å². The predicted molar refractivity (Wildman–Crippen MR) is 78.2 cm³/mol. The third-order valence-corrected chi connectivity index (χ3v) is 5.16. The minimum Gasteiger partial charge on any atom is -0.373 e. The van der Waals surface area contributed by atoms with E-state index in [9.17, 15) is 0 Å². The van der Waals surface area contributed by atoms with E-state index in [0.717, 1.165) is 18.7 Å². The maximum Gasteiger partial charge on any atom is 0.101 e. The molecule has 106 valence electrons. The number of nitriles is 1. The average molecular weight is 270 g/mol. The maximum atomic E-state index is 9.16. The fourth-order valence-corrected chi connectivity index (χ4v) is 4.41. The molecule has 1 aliphatic heterocycles. The van der Waals surface area contributed by atoms with Gasteiger partial charge < -0.3 is 9.64 Å². The van der Waals surface area contributed by atoms with E-state index in [0.29, 0.717) is 11.8 Å². The summed E-state index contributed by atoms with van der Waals surface area (Å²) in [6.07, 6.45) is 3.73. The molecule has 2 bridgehead atoms. The van der Waals surface area contributed by atoms with Gasteiger partial charge in [-0.25, -0.2) is 0 Å². The molecule has 0 unspecified atom stereocenters. The number of methoxy groups -OCH3 is 1. The van der Waals surface area contributed by atoms with Crippen LogP contribution in [0.1, 0.15) is 30.4 Å². The van der Waals surface area contributed by atoms with Gasteiger partial charge in [-0.1, -0.05) is 18.6 Å². The molecule has 1 saturated carbocycles. The lowest BCUT2D eigenvalue weighted by atomic mass is 9.62. The minimum absolute atomic E-state index is 0.197. The lowest BCUT2D eigenvalue weighted by Gasteiger charge is -2.54. The van der Waals surface area contributed by atoms with Crippen molar-refractivity contribution in [1.29, 1.82) is 5.26 Å². The van der Waals surface area contributed by atoms with Gasteiger partial charge >= 0.3 is 0 Å². The second-order valence-electron chi connectivity index (χ2n) is 6.24. The molecule has 3 heteroatoms. The molecule has 2 aliphatic rings. The number of ether oxygens (including phenoxy) is 1. The van der Waals surface area contributed by atoms with Gasteiger partial charge in [-0.05, 0) is 37.6 Å². The van der Waals surface area contributed by atoms with Gasteiger partial charge in [0.1, 0.15) is 5.60 Å². The number of hydrogen-bond acceptors (Lipinski definition) is 3. The molecular weight excluding hydrogens is 248 g/mol. The van der Waals surface area contributed by atoms with Crippen LogP contribution >= 0.6 is 0 Å². The van der Waals surface area contributed by atoms with Crippen LogP contribution in [0.5, 0.6) is 0 Å². The van der Waals surface area contributed by atoms with Gasteiger partial charge in [-0.2, -0.15) is 5.26 Å². The maximum absolute atomic E-state index is 9.16. The summed E-state index contributed by atoms with van der Waals surface area (Å²) in [6.45, 7) is 2.17. The van der Waals surface area contributed by atoms with Crippen molar-refractivity contribution >= 4 is 0 Å². The first-order chi connectivity index (χ1) is 9.70. The Balaban J connectivity index is 2.08. The van der Waals surface area contributed by atoms with Gasteiger partial charge in [-0.15, -0.1) is 0 Å². The van der Waals surface area contributed by atoms with E-state index in [2.05, 4.69) is 24.1 Å². The number of hydrogen-bond donors (Lipinski definition) is 0. The van der Waals surface area contributed by atoms with E-state index in [-0.39, 0.29) is 5.60 Å². The van der Waals surface area contributed by atoms with Gasteiger partial charge in [-0.3, -0.25) is 0 Å². The lowest BCUT2D eigenvalue weighted by Crippen LogP contribution is -2.58. The topological polar surface area (TPSA) is 36.3 Å². The highest BCUT2D eigenvalue weighted by Gasteiger charge is 2.52. The first kappa shape index (κ1) is 13.6. The zero-order valence-electron chi connectivity index (χ0n) is 12.3. The minimum atomic E-state index is -0.197. The summed E-state index contributed by atoms with van der Waals surface area (Å²) in [5, 5.41) is 9.16. The largest absolute Gasteiger partial charge is 0.373 e. The van der Waals surface area contributed by atoms with E-state index >= 15 is 0 Å². The Kier molecular flexibility index (Phi) is 3.54. The van der Waals surface area contributed by atoms with Crippen molar-refractivity contribution in [2.75, 3.05) is 27.2 Å². The van der Waals surface area contributed by atoms with Crippen LogP contribution in [0.4, 0.5) is 0 Å². The average Bonchev–Trinajstić information content (AvgIpc) is 2.46. The quantitative estimate of drug-likeness (QED) is 0.829. The van der Waals surface area contributed by atoms with Gasteiger partial charge in [0, 0.05) is 32.0 Å². The Labute approximate surface area is 121 Å². The van der Waals surface area contributed by atoms with Crippen LogP contribution in [0.2, 0.25) is 0 Å². The molecule has 0 amide bonds. The first-order valence-electron chi connectivity index (χ1n) is 7.45. The van der Waals surface area contributed by atoms with Crippen molar-refractivity contribution in [3.63, 3.8) is 0 Å². The highest BCUT2D eigenvalue weighted by molar-refractivity contribution is 5.37. The van der Waals surface area contributed by atoms with Crippen molar-refractivity contribution < 1.29 is 4.74 Å². The number of fused-ring (bicyclic) bond motifs is 2. The second kappa shape index (κ2) is 5.20. The summed E-state index contributed by atoms with van der Waals surface area (Å²) in [5.74, 6) is 1.05. The molecule has 3 atom stereocenters. The number of rotatable bonds is 2. The molecule has 0 N–H and O–H groups in total. The zero-order chi connectivity index (χ0) is 14.2. The van der Waals surface area contributed by atoms with Crippen LogP contribution in [0.3, 0.4) is 0 Å². The van der Waals surface area contributed by atoms with Gasteiger partial charge in [0.25, 0.3) is 0 Å². The Morgan fingerprint density at radius 3 is 2.60 bits per heavy atom. The van der Waals surface area contributed by atoms with Crippen LogP contribution in [0, 0.1) is 23.2 Å². The van der Waals surface area contributed by atoms with E-state index in [4.69, 9.17) is 10.00 Å². The molecule has 0 radical (unpaired) electrons. The summed E-state index contributed by atoms with van der Waals surface area (Å²) in [7, 11) is 4.05. The standard InChI is InChI=1S/C17H22N2O/c1-19-11-15-7-4-8-16(12-19)17(15,20-2)14-6-3-5-13(9-14)10-18/h3,5-6,9,15-16H,4,7-8,11-12H2,1-2H3/t15-,16+,17-. The summed E-state index contributed by atoms with van der Waals surface area (Å²) >= 11 is 0. The highest BCUT2D eigenvalue weighted by Crippen LogP contribution is 2.51. The highest BCUT2D eigenvalue weighted by atomic mass is 16.5. The number of nitrogens with zero attached hydrogens (tertiary/aromatic N) is 2. The molecule has 0 spiro atoms. The molecule has 20 heavy (non-hydrogen) atoms. The predicted octanol–water partition coefficient (Wildman–Crippen LogP) is 2.76. The molecule has 1 aliphatic carbocycles. The number of piperidine rings is 1. The molecule has 0 aromatic heterocycles. The fourth-order valence-electron chi connectivity index (χ4n) is 4.41. The SMILES string of the molecule is CO[C@]1(c2cccc(C#N)c2)[C@@H]2CCC[C@H]1CN(C)C2. The molecule has 1 heterocycles.